The lowest BCUT2D eigenvalue weighted by molar-refractivity contribution is -0.138. The largest absolute Gasteiger partial charge is 0.424 e. The average molecular weight is 317 g/mol. The quantitative estimate of drug-likeness (QED) is 0.646. The highest BCUT2D eigenvalue weighted by Gasteiger charge is 2.17. The Kier molecular flexibility index (Phi) is 6.94. The Morgan fingerprint density at radius 2 is 2.09 bits per heavy atom. The molecule has 23 heavy (non-hydrogen) atoms. The summed E-state index contributed by atoms with van der Waals surface area (Å²) in [4.78, 5) is 20.8. The van der Waals surface area contributed by atoms with Crippen LogP contribution < -0.4 is 10.1 Å². The minimum atomic E-state index is -0.233. The molecule has 1 heterocycles. The number of aromatic nitrogens is 1. The van der Waals surface area contributed by atoms with Gasteiger partial charge in [-0.1, -0.05) is 13.8 Å². The molecule has 1 aromatic rings. The maximum absolute atomic E-state index is 12.0. The van der Waals surface area contributed by atoms with Crippen molar-refractivity contribution < 1.29 is 9.53 Å². The molecule has 1 atom stereocenters. The molecule has 1 rings (SSSR count). The van der Waals surface area contributed by atoms with Gasteiger partial charge in [0.05, 0.1) is 17.3 Å². The van der Waals surface area contributed by atoms with E-state index in [4.69, 9.17) is 4.74 Å². The first-order valence-corrected chi connectivity index (χ1v) is 7.86. The van der Waals surface area contributed by atoms with Gasteiger partial charge in [0.15, 0.2) is 5.75 Å². The van der Waals surface area contributed by atoms with Crippen molar-refractivity contribution in [3.05, 3.63) is 34.8 Å². The first-order chi connectivity index (χ1) is 10.8. The second-order valence-electron chi connectivity index (χ2n) is 5.61. The molecule has 0 fully saturated rings. The Hall–Kier alpha value is -2.17. The summed E-state index contributed by atoms with van der Waals surface area (Å²) in [6.45, 7) is 9.64. The van der Waals surface area contributed by atoms with Gasteiger partial charge in [0.1, 0.15) is 0 Å². The van der Waals surface area contributed by atoms with Crippen LogP contribution in [-0.2, 0) is 4.79 Å². The van der Waals surface area contributed by atoms with Crippen molar-refractivity contribution in [3.63, 3.8) is 0 Å². The maximum Gasteiger partial charge on any atom is 0.314 e. The Bertz CT molecular complexity index is 633. The van der Waals surface area contributed by atoms with Crippen molar-refractivity contribution in [2.45, 2.75) is 41.0 Å². The van der Waals surface area contributed by atoms with Crippen LogP contribution >= 0.6 is 0 Å². The number of hydrogen-bond donors (Lipinski definition) is 1. The van der Waals surface area contributed by atoms with E-state index >= 15 is 0 Å². The number of nitrogens with one attached hydrogen (secondary N) is 1. The molecular formula is C18H27N3O2. The Balaban J connectivity index is 3.21. The molecule has 1 unspecified atom stereocenters. The van der Waals surface area contributed by atoms with Crippen LogP contribution in [0.25, 0.3) is 0 Å². The second kappa shape index (κ2) is 8.46. The summed E-state index contributed by atoms with van der Waals surface area (Å²) in [6, 6.07) is 1.83. The molecule has 126 valence electrons. The van der Waals surface area contributed by atoms with Gasteiger partial charge in [-0.05, 0) is 38.8 Å². The van der Waals surface area contributed by atoms with Gasteiger partial charge in [-0.25, -0.2) is 0 Å². The fourth-order valence-corrected chi connectivity index (χ4v) is 2.00. The van der Waals surface area contributed by atoms with Gasteiger partial charge in [0.2, 0.25) is 0 Å². The molecule has 0 saturated heterocycles. The monoisotopic (exact) mass is 317 g/mol. The molecule has 1 N–H and O–H groups in total. The SMILES string of the molecule is CCC(C)C(=O)Oc1cc(C(=N/C)/C(C)=C(\C)NC)cnc1C. The van der Waals surface area contributed by atoms with Crippen molar-refractivity contribution in [1.82, 2.24) is 10.3 Å². The highest BCUT2D eigenvalue weighted by Crippen LogP contribution is 2.21. The third kappa shape index (κ3) is 4.65. The van der Waals surface area contributed by atoms with E-state index < -0.39 is 0 Å². The molecule has 0 spiro atoms. The van der Waals surface area contributed by atoms with E-state index in [1.807, 2.05) is 47.7 Å². The van der Waals surface area contributed by atoms with Gasteiger partial charge in [-0.2, -0.15) is 0 Å². The zero-order valence-electron chi connectivity index (χ0n) is 15.2. The fraction of sp³-hybridized carbons (Fsp3) is 0.500. The van der Waals surface area contributed by atoms with Crippen molar-refractivity contribution in [3.8, 4) is 5.75 Å². The number of pyridine rings is 1. The highest BCUT2D eigenvalue weighted by atomic mass is 16.5. The molecule has 0 aliphatic carbocycles. The van der Waals surface area contributed by atoms with Gasteiger partial charge in [0.25, 0.3) is 0 Å². The maximum atomic E-state index is 12.0. The van der Waals surface area contributed by atoms with E-state index in [0.29, 0.717) is 11.4 Å². The number of aryl methyl sites for hydroxylation is 1. The number of carbonyl (C=O) groups is 1. The molecule has 0 aliphatic heterocycles. The van der Waals surface area contributed by atoms with Crippen molar-refractivity contribution in [2.75, 3.05) is 14.1 Å². The summed E-state index contributed by atoms with van der Waals surface area (Å²) in [5.74, 6) is 0.123. The van der Waals surface area contributed by atoms with Crippen LogP contribution in [0.3, 0.4) is 0 Å². The van der Waals surface area contributed by atoms with Crippen molar-refractivity contribution >= 4 is 11.7 Å². The third-order valence-electron chi connectivity index (χ3n) is 4.06. The summed E-state index contributed by atoms with van der Waals surface area (Å²) in [5, 5.41) is 3.12. The molecular weight excluding hydrogens is 290 g/mol. The van der Waals surface area contributed by atoms with E-state index in [-0.39, 0.29) is 11.9 Å². The molecule has 0 aromatic carbocycles. The molecule has 0 aliphatic rings. The number of carbonyl (C=O) groups excluding carboxylic acids is 1. The lowest BCUT2D eigenvalue weighted by atomic mass is 10.0. The Morgan fingerprint density at radius 1 is 1.43 bits per heavy atom. The smallest absolute Gasteiger partial charge is 0.314 e. The molecule has 0 bridgehead atoms. The van der Waals surface area contributed by atoms with E-state index in [9.17, 15) is 4.79 Å². The Labute approximate surface area is 138 Å². The van der Waals surface area contributed by atoms with Crippen molar-refractivity contribution in [2.24, 2.45) is 10.9 Å². The van der Waals surface area contributed by atoms with Gasteiger partial charge < -0.3 is 10.1 Å². The minimum Gasteiger partial charge on any atom is -0.424 e. The first-order valence-electron chi connectivity index (χ1n) is 7.86. The number of allylic oxidation sites excluding steroid dienone is 2. The fourth-order valence-electron chi connectivity index (χ4n) is 2.00. The zero-order valence-corrected chi connectivity index (χ0v) is 15.2. The summed E-state index contributed by atoms with van der Waals surface area (Å²) >= 11 is 0. The summed E-state index contributed by atoms with van der Waals surface area (Å²) in [7, 11) is 3.62. The molecule has 5 nitrogen and oxygen atoms in total. The predicted molar refractivity (Wildman–Crippen MR) is 94.0 cm³/mol. The normalized spacial score (nSPS) is 14.1. The van der Waals surface area contributed by atoms with Crippen LogP contribution in [0.15, 0.2) is 28.5 Å². The summed E-state index contributed by atoms with van der Waals surface area (Å²) in [6.07, 6.45) is 2.50. The minimum absolute atomic E-state index is 0.134. The number of hydrogen-bond acceptors (Lipinski definition) is 5. The molecule has 0 saturated carbocycles. The van der Waals surface area contributed by atoms with Crippen LogP contribution in [0.4, 0.5) is 0 Å². The lowest BCUT2D eigenvalue weighted by Gasteiger charge is -2.14. The second-order valence-corrected chi connectivity index (χ2v) is 5.61. The summed E-state index contributed by atoms with van der Waals surface area (Å²) in [5.41, 5.74) is 4.40. The van der Waals surface area contributed by atoms with Crippen LogP contribution in [-0.4, -0.2) is 30.8 Å². The molecule has 5 heteroatoms. The standard InChI is InChI=1S/C18H27N3O2/c1-8-11(2)18(22)23-16-9-15(10-21-14(16)5)17(20-7)12(3)13(4)19-6/h9-11,19H,8H2,1-7H3/b13-12+,20-17+. The number of ether oxygens (including phenoxy) is 1. The predicted octanol–water partition coefficient (Wildman–Crippen LogP) is 3.27. The third-order valence-corrected chi connectivity index (χ3v) is 4.06. The number of rotatable bonds is 6. The number of nitrogens with zero attached hydrogens (tertiary/aromatic N) is 2. The van der Waals surface area contributed by atoms with Crippen LogP contribution in [0.5, 0.6) is 5.75 Å². The average Bonchev–Trinajstić information content (AvgIpc) is 2.56. The number of esters is 1. The van der Waals surface area contributed by atoms with Gasteiger partial charge in [-0.15, -0.1) is 0 Å². The summed E-state index contributed by atoms with van der Waals surface area (Å²) < 4.78 is 5.51. The van der Waals surface area contributed by atoms with E-state index in [2.05, 4.69) is 15.3 Å². The lowest BCUT2D eigenvalue weighted by Crippen LogP contribution is -2.18. The Morgan fingerprint density at radius 3 is 2.61 bits per heavy atom. The van der Waals surface area contributed by atoms with Crippen LogP contribution in [0.1, 0.15) is 45.4 Å². The topological polar surface area (TPSA) is 63.6 Å². The first kappa shape index (κ1) is 18.9. The number of aliphatic imine (C=N–C) groups is 1. The zero-order chi connectivity index (χ0) is 17.6. The van der Waals surface area contributed by atoms with Crippen LogP contribution in [0.2, 0.25) is 0 Å². The molecule has 1 aromatic heterocycles. The van der Waals surface area contributed by atoms with E-state index in [1.165, 1.54) is 0 Å². The van der Waals surface area contributed by atoms with Crippen LogP contribution in [0, 0.1) is 12.8 Å². The van der Waals surface area contributed by atoms with Crippen molar-refractivity contribution in [1.29, 1.82) is 0 Å². The molecule has 0 amide bonds. The highest BCUT2D eigenvalue weighted by molar-refractivity contribution is 6.12. The van der Waals surface area contributed by atoms with Gasteiger partial charge >= 0.3 is 5.97 Å². The molecule has 0 radical (unpaired) electrons. The van der Waals surface area contributed by atoms with Gasteiger partial charge in [0, 0.05) is 31.6 Å². The van der Waals surface area contributed by atoms with E-state index in [1.54, 1.807) is 13.2 Å². The van der Waals surface area contributed by atoms with Gasteiger partial charge in [-0.3, -0.25) is 14.8 Å². The van der Waals surface area contributed by atoms with E-state index in [0.717, 1.165) is 29.0 Å².